The molecular weight excluding hydrogens is 451 g/mol. The Morgan fingerprint density at radius 1 is 1.00 bits per heavy atom. The summed E-state index contributed by atoms with van der Waals surface area (Å²) in [5.74, 6) is -0.486. The van der Waals surface area contributed by atoms with E-state index in [1.807, 2.05) is 6.92 Å². The summed E-state index contributed by atoms with van der Waals surface area (Å²) in [5.41, 5.74) is 0. The van der Waals surface area contributed by atoms with Gasteiger partial charge in [-0.05, 0) is 12.6 Å². The molecule has 0 spiro atoms. The number of likely N-dealkylation sites (tertiary alicyclic amines) is 1. The van der Waals surface area contributed by atoms with Gasteiger partial charge in [0.05, 0.1) is 42.1 Å². The molecule has 1 aliphatic rings. The first-order valence-corrected chi connectivity index (χ1v) is 14.0. The minimum atomic E-state index is -4.63. The van der Waals surface area contributed by atoms with Crippen LogP contribution in [0.2, 0.25) is 0 Å². The summed E-state index contributed by atoms with van der Waals surface area (Å²) in [6.45, 7) is 3.72. The molecule has 0 aromatic heterocycles. The zero-order valence-electron chi connectivity index (χ0n) is 17.2. The van der Waals surface area contributed by atoms with Gasteiger partial charge in [-0.3, -0.25) is 0 Å². The molecule has 0 bridgehead atoms. The number of rotatable bonds is 11. The third-order valence-corrected chi connectivity index (χ3v) is 7.73. The van der Waals surface area contributed by atoms with E-state index in [0.717, 1.165) is 6.42 Å². The molecule has 0 aliphatic carbocycles. The Kier molecular flexibility index (Phi) is 14.8. The molecule has 0 aromatic carbocycles. The van der Waals surface area contributed by atoms with Crippen LogP contribution in [0.3, 0.4) is 0 Å². The number of hydrogen-bond acceptors (Lipinski definition) is 8. The first-order chi connectivity index (χ1) is 11.6. The standard InChI is InChI=1S/C14H30NO8PS2.2Na/c1-3-13-10-15(6-4-8-24(16,17)18,7-5-9-26(21,22)23)11-14(13)12-25(2,19)20;;/h13-14H,3-12H2,1-2H3,(H2-,16,17,18,21,22,23);;/q;2*+1/p-2. The summed E-state index contributed by atoms with van der Waals surface area (Å²) in [5, 5.41) is 0. The van der Waals surface area contributed by atoms with Crippen molar-refractivity contribution in [1.82, 2.24) is 0 Å². The average Bonchev–Trinajstić information content (AvgIpc) is 2.71. The molecule has 0 aromatic rings. The van der Waals surface area contributed by atoms with E-state index in [0.29, 0.717) is 30.7 Å². The van der Waals surface area contributed by atoms with Gasteiger partial charge in [-0.1, -0.05) is 14.5 Å². The summed E-state index contributed by atoms with van der Waals surface area (Å²) in [4.78, 5) is 21.8. The topological polar surface area (TPSA) is 155 Å². The minimum absolute atomic E-state index is 0. The van der Waals surface area contributed by atoms with Crippen LogP contribution in [-0.2, 0) is 24.5 Å². The van der Waals surface area contributed by atoms with Crippen molar-refractivity contribution in [2.75, 3.05) is 50.1 Å². The summed E-state index contributed by atoms with van der Waals surface area (Å²) in [7, 11) is -12.2. The molecule has 1 fully saturated rings. The van der Waals surface area contributed by atoms with Gasteiger partial charge in [0, 0.05) is 36.7 Å². The van der Waals surface area contributed by atoms with E-state index < -0.39 is 39.5 Å². The van der Waals surface area contributed by atoms with Gasteiger partial charge in [-0.15, -0.1) is 0 Å². The van der Waals surface area contributed by atoms with E-state index in [4.69, 9.17) is 0 Å². The molecule has 0 saturated carbocycles. The van der Waals surface area contributed by atoms with Gasteiger partial charge in [0.25, 0.3) is 0 Å². The van der Waals surface area contributed by atoms with Crippen LogP contribution in [-0.4, -0.2) is 76.0 Å². The Morgan fingerprint density at radius 2 is 1.50 bits per heavy atom. The van der Waals surface area contributed by atoms with Crippen molar-refractivity contribution in [3.63, 3.8) is 0 Å². The second kappa shape index (κ2) is 12.9. The number of nitrogens with zero attached hydrogens (tertiary/aromatic N) is 1. The van der Waals surface area contributed by atoms with Gasteiger partial charge in [0.15, 0.2) is 0 Å². The zero-order valence-corrected chi connectivity index (χ0v) is 23.7. The number of quaternary nitrogens is 1. The Bertz CT molecular complexity index is 728. The van der Waals surface area contributed by atoms with Crippen molar-refractivity contribution in [2.24, 2.45) is 11.8 Å². The van der Waals surface area contributed by atoms with Crippen molar-refractivity contribution in [3.8, 4) is 0 Å². The molecule has 1 heterocycles. The predicted molar refractivity (Wildman–Crippen MR) is 93.0 cm³/mol. The Hall–Kier alpha value is 1.97. The summed E-state index contributed by atoms with van der Waals surface area (Å²) >= 11 is 0. The number of hydrogen-bond donors (Lipinski definition) is 0. The van der Waals surface area contributed by atoms with Gasteiger partial charge in [0.1, 0.15) is 9.84 Å². The molecule has 3 unspecified atom stereocenters. The predicted octanol–water partition coefficient (Wildman–Crippen LogP) is -7.25. The van der Waals surface area contributed by atoms with Gasteiger partial charge < -0.3 is 23.4 Å². The van der Waals surface area contributed by atoms with E-state index in [9.17, 15) is 35.7 Å². The fourth-order valence-electron chi connectivity index (χ4n) is 4.06. The second-order valence-corrected chi connectivity index (χ2v) is 12.9. The first kappa shape index (κ1) is 32.2. The van der Waals surface area contributed by atoms with Crippen molar-refractivity contribution in [1.29, 1.82) is 0 Å². The zero-order chi connectivity index (χ0) is 20.2. The maximum atomic E-state index is 11.7. The monoisotopic (exact) mass is 479 g/mol. The van der Waals surface area contributed by atoms with E-state index in [1.54, 1.807) is 0 Å². The Balaban J connectivity index is 0. The quantitative estimate of drug-likeness (QED) is 0.123. The van der Waals surface area contributed by atoms with E-state index in [1.165, 1.54) is 6.26 Å². The van der Waals surface area contributed by atoms with Crippen molar-refractivity contribution < 1.29 is 99.3 Å². The van der Waals surface area contributed by atoms with Gasteiger partial charge in [0.2, 0.25) is 0 Å². The molecule has 28 heavy (non-hydrogen) atoms. The normalized spacial score (nSPS) is 25.8. The maximum Gasteiger partial charge on any atom is 1.00 e. The van der Waals surface area contributed by atoms with Crippen molar-refractivity contribution >= 4 is 27.6 Å². The second-order valence-electron chi connectivity index (χ2n) is 7.48. The molecular formula is C14H28NNa2O8PS2. The molecule has 1 saturated heterocycles. The summed E-state index contributed by atoms with van der Waals surface area (Å²) in [6.07, 6.45) is 1.70. The average molecular weight is 479 g/mol. The molecule has 3 atom stereocenters. The molecule has 1 aliphatic heterocycles. The molecule has 1 rings (SSSR count). The van der Waals surface area contributed by atoms with Crippen LogP contribution in [0.1, 0.15) is 26.2 Å². The fourth-order valence-corrected chi connectivity index (χ4v) is 6.23. The Morgan fingerprint density at radius 3 is 1.93 bits per heavy atom. The van der Waals surface area contributed by atoms with E-state index in [-0.39, 0.29) is 89.5 Å². The van der Waals surface area contributed by atoms with Crippen molar-refractivity contribution in [3.05, 3.63) is 0 Å². The third kappa shape index (κ3) is 13.4. The van der Waals surface area contributed by atoms with Crippen LogP contribution in [0.15, 0.2) is 0 Å². The molecule has 0 radical (unpaired) electrons. The van der Waals surface area contributed by atoms with Gasteiger partial charge >= 0.3 is 59.1 Å². The molecule has 0 amide bonds. The third-order valence-electron chi connectivity index (χ3n) is 5.04. The van der Waals surface area contributed by atoms with Gasteiger partial charge in [-0.2, -0.15) is 0 Å². The SMILES string of the molecule is CCC1C[N+](CCCP(=O)([O-])[O-])(CCCS(=O)(=O)[O-])CC1CS(C)(=O)=O.[Na+].[Na+]. The molecule has 9 nitrogen and oxygen atoms in total. The van der Waals surface area contributed by atoms with Crippen LogP contribution in [0, 0.1) is 11.8 Å². The van der Waals surface area contributed by atoms with Crippen molar-refractivity contribution in [2.45, 2.75) is 26.2 Å². The van der Waals surface area contributed by atoms with Crippen LogP contribution in [0.25, 0.3) is 0 Å². The molecule has 156 valence electrons. The summed E-state index contributed by atoms with van der Waals surface area (Å²) < 4.78 is 67.3. The van der Waals surface area contributed by atoms with Crippen LogP contribution in [0.5, 0.6) is 0 Å². The molecule has 14 heteroatoms. The fraction of sp³-hybridized carbons (Fsp3) is 1.00. The van der Waals surface area contributed by atoms with Crippen LogP contribution >= 0.6 is 7.60 Å². The van der Waals surface area contributed by atoms with Crippen LogP contribution < -0.4 is 68.9 Å². The largest absolute Gasteiger partial charge is 1.00 e. The first-order valence-electron chi connectivity index (χ1n) is 8.62. The van der Waals surface area contributed by atoms with Gasteiger partial charge in [-0.25, -0.2) is 16.8 Å². The maximum absolute atomic E-state index is 11.7. The van der Waals surface area contributed by atoms with Crippen LogP contribution in [0.4, 0.5) is 0 Å². The van der Waals surface area contributed by atoms with E-state index in [2.05, 4.69) is 0 Å². The minimum Gasteiger partial charge on any atom is -0.811 e. The smallest absolute Gasteiger partial charge is 0.811 e. The Labute approximate surface area is 213 Å². The number of sulfone groups is 1. The summed E-state index contributed by atoms with van der Waals surface area (Å²) in [6, 6.07) is 0. The molecule has 0 N–H and O–H groups in total. The van der Waals surface area contributed by atoms with E-state index >= 15 is 0 Å².